The van der Waals surface area contributed by atoms with E-state index in [0.717, 1.165) is 28.2 Å². The molecule has 0 saturated carbocycles. The predicted molar refractivity (Wildman–Crippen MR) is 105 cm³/mol. The first-order chi connectivity index (χ1) is 13.0. The van der Waals surface area contributed by atoms with Crippen molar-refractivity contribution in [1.29, 1.82) is 0 Å². The molecular formula is C20H21N5O2. The molecule has 3 aromatic rings. The number of guanidine groups is 1. The van der Waals surface area contributed by atoms with Gasteiger partial charge < -0.3 is 21.2 Å². The molecule has 0 aliphatic rings. The zero-order valence-electron chi connectivity index (χ0n) is 15.0. The van der Waals surface area contributed by atoms with Gasteiger partial charge in [0, 0.05) is 17.5 Å². The molecule has 0 aliphatic carbocycles. The van der Waals surface area contributed by atoms with E-state index in [9.17, 15) is 4.79 Å². The maximum Gasteiger partial charge on any atom is 0.305 e. The molecule has 0 radical (unpaired) electrons. The molecule has 138 valence electrons. The van der Waals surface area contributed by atoms with E-state index >= 15 is 0 Å². The van der Waals surface area contributed by atoms with Crippen LogP contribution in [0.4, 0.5) is 5.69 Å². The number of ether oxygens (including phenoxy) is 1. The summed E-state index contributed by atoms with van der Waals surface area (Å²) in [5, 5.41) is 0. The maximum atomic E-state index is 11.2. The van der Waals surface area contributed by atoms with Gasteiger partial charge in [0.05, 0.1) is 24.7 Å². The lowest BCUT2D eigenvalue weighted by Crippen LogP contribution is -2.21. The average Bonchev–Trinajstić information content (AvgIpc) is 3.16. The summed E-state index contributed by atoms with van der Waals surface area (Å²) in [6.07, 6.45) is 2.79. The number of hydrogen-bond acceptors (Lipinski definition) is 4. The van der Waals surface area contributed by atoms with Gasteiger partial charge in [-0.3, -0.25) is 4.79 Å². The molecule has 1 aromatic heterocycles. The molecule has 0 bridgehead atoms. The Labute approximate surface area is 157 Å². The number of aromatic amines is 1. The first-order valence-corrected chi connectivity index (χ1v) is 8.46. The lowest BCUT2D eigenvalue weighted by Gasteiger charge is -2.03. The molecular weight excluding hydrogens is 342 g/mol. The van der Waals surface area contributed by atoms with Crippen molar-refractivity contribution in [2.75, 3.05) is 7.11 Å². The number of hydrogen-bond donors (Lipinski definition) is 3. The topological polar surface area (TPSA) is 119 Å². The number of carbonyl (C=O) groups is 1. The van der Waals surface area contributed by atoms with Crippen molar-refractivity contribution in [3.8, 4) is 22.6 Å². The summed E-state index contributed by atoms with van der Waals surface area (Å²) in [6.45, 7) is 0. The number of methoxy groups -OCH3 is 1. The Hall–Kier alpha value is -3.61. The number of H-pyrrole nitrogens is 1. The van der Waals surface area contributed by atoms with Crippen molar-refractivity contribution in [2.24, 2.45) is 16.5 Å². The molecule has 0 amide bonds. The van der Waals surface area contributed by atoms with Crippen LogP contribution in [0.5, 0.6) is 0 Å². The molecule has 0 spiro atoms. The third-order valence-electron chi connectivity index (χ3n) is 4.06. The zero-order valence-corrected chi connectivity index (χ0v) is 15.0. The minimum absolute atomic E-state index is 0.0183. The fraction of sp³-hybridized carbons (Fsp3) is 0.150. The second-order valence-corrected chi connectivity index (χ2v) is 6.01. The van der Waals surface area contributed by atoms with Gasteiger partial charge in [-0.05, 0) is 24.1 Å². The highest BCUT2D eigenvalue weighted by Crippen LogP contribution is 2.25. The van der Waals surface area contributed by atoms with E-state index in [-0.39, 0.29) is 11.9 Å². The summed E-state index contributed by atoms with van der Waals surface area (Å²) in [6, 6.07) is 15.5. The molecule has 7 nitrogen and oxygen atoms in total. The van der Waals surface area contributed by atoms with Gasteiger partial charge in [-0.2, -0.15) is 0 Å². The minimum atomic E-state index is -0.210. The van der Waals surface area contributed by atoms with Crippen molar-refractivity contribution < 1.29 is 9.53 Å². The Morgan fingerprint density at radius 3 is 2.63 bits per heavy atom. The second-order valence-electron chi connectivity index (χ2n) is 6.01. The Morgan fingerprint density at radius 2 is 1.93 bits per heavy atom. The summed E-state index contributed by atoms with van der Waals surface area (Å²) in [7, 11) is 1.40. The molecule has 0 aliphatic heterocycles. The summed E-state index contributed by atoms with van der Waals surface area (Å²) >= 11 is 0. The van der Waals surface area contributed by atoms with Gasteiger partial charge in [0.1, 0.15) is 5.82 Å². The number of esters is 1. The number of imidazole rings is 1. The molecule has 3 rings (SSSR count). The number of benzene rings is 2. The quantitative estimate of drug-likeness (QED) is 0.353. The van der Waals surface area contributed by atoms with Gasteiger partial charge in [0.15, 0.2) is 5.96 Å². The Morgan fingerprint density at radius 1 is 1.15 bits per heavy atom. The van der Waals surface area contributed by atoms with Crippen molar-refractivity contribution in [1.82, 2.24) is 9.97 Å². The maximum absolute atomic E-state index is 11.2. The van der Waals surface area contributed by atoms with Gasteiger partial charge in [0.25, 0.3) is 0 Å². The average molecular weight is 363 g/mol. The number of aryl methyl sites for hydroxylation is 1. The van der Waals surface area contributed by atoms with Crippen LogP contribution in [0.1, 0.15) is 12.0 Å². The predicted octanol–water partition coefficient (Wildman–Crippen LogP) is 2.75. The molecule has 0 atom stereocenters. The van der Waals surface area contributed by atoms with Crippen molar-refractivity contribution in [3.63, 3.8) is 0 Å². The Bertz CT molecular complexity index is 957. The molecule has 2 aromatic carbocycles. The van der Waals surface area contributed by atoms with Crippen LogP contribution in [0.15, 0.2) is 59.7 Å². The van der Waals surface area contributed by atoms with Crippen LogP contribution >= 0.6 is 0 Å². The van der Waals surface area contributed by atoms with Gasteiger partial charge in [0.2, 0.25) is 0 Å². The third kappa shape index (κ3) is 4.72. The first-order valence-electron chi connectivity index (χ1n) is 8.46. The Balaban J connectivity index is 1.76. The number of nitrogens with zero attached hydrogens (tertiary/aromatic N) is 2. The van der Waals surface area contributed by atoms with Gasteiger partial charge in [-0.25, -0.2) is 9.98 Å². The lowest BCUT2D eigenvalue weighted by molar-refractivity contribution is -0.140. The lowest BCUT2D eigenvalue weighted by atomic mass is 10.1. The summed E-state index contributed by atoms with van der Waals surface area (Å²) in [5.41, 5.74) is 15.4. The fourth-order valence-electron chi connectivity index (χ4n) is 2.68. The number of carbonyl (C=O) groups excluding carboxylic acids is 1. The van der Waals surface area contributed by atoms with Crippen molar-refractivity contribution >= 4 is 17.6 Å². The molecule has 27 heavy (non-hydrogen) atoms. The second kappa shape index (κ2) is 8.18. The molecule has 1 heterocycles. The SMILES string of the molecule is COC(=O)CCc1ccc(-c2ncc(-c3cccc(N=C(N)N)c3)[nH]2)cc1. The van der Waals surface area contributed by atoms with Gasteiger partial charge in [-0.1, -0.05) is 36.4 Å². The standard InChI is InChI=1S/C20H21N5O2/c1-27-18(26)10-7-13-5-8-14(9-6-13)19-23-12-17(25-19)15-3-2-4-16(11-15)24-20(21)22/h2-6,8-9,11-12H,7,10H2,1H3,(H,23,25)(H4,21,22,24). The van der Waals surface area contributed by atoms with Gasteiger partial charge in [-0.15, -0.1) is 0 Å². The normalized spacial score (nSPS) is 10.4. The third-order valence-corrected chi connectivity index (χ3v) is 4.06. The fourth-order valence-corrected chi connectivity index (χ4v) is 2.68. The minimum Gasteiger partial charge on any atom is -0.469 e. The van der Waals surface area contributed by atoms with E-state index in [4.69, 9.17) is 11.5 Å². The van der Waals surface area contributed by atoms with E-state index in [2.05, 4.69) is 19.7 Å². The molecule has 5 N–H and O–H groups in total. The Kier molecular flexibility index (Phi) is 5.51. The number of nitrogens with two attached hydrogens (primary N) is 2. The van der Waals surface area contributed by atoms with E-state index in [1.165, 1.54) is 7.11 Å². The molecule has 0 saturated heterocycles. The number of aliphatic imine (C=N–C) groups is 1. The van der Waals surface area contributed by atoms with Crippen LogP contribution in [0.25, 0.3) is 22.6 Å². The number of rotatable bonds is 6. The van der Waals surface area contributed by atoms with Crippen LogP contribution in [0.3, 0.4) is 0 Å². The van der Waals surface area contributed by atoms with E-state index in [0.29, 0.717) is 18.5 Å². The van der Waals surface area contributed by atoms with Crippen LogP contribution < -0.4 is 11.5 Å². The zero-order chi connectivity index (χ0) is 19.2. The number of aromatic nitrogens is 2. The summed E-state index contributed by atoms with van der Waals surface area (Å²) in [4.78, 5) is 23.1. The van der Waals surface area contributed by atoms with Gasteiger partial charge >= 0.3 is 5.97 Å². The van der Waals surface area contributed by atoms with Crippen LogP contribution in [0.2, 0.25) is 0 Å². The first kappa shape index (κ1) is 18.2. The van der Waals surface area contributed by atoms with E-state index < -0.39 is 0 Å². The van der Waals surface area contributed by atoms with E-state index in [1.807, 2.05) is 48.5 Å². The monoisotopic (exact) mass is 363 g/mol. The van der Waals surface area contributed by atoms with E-state index in [1.54, 1.807) is 6.20 Å². The summed E-state index contributed by atoms with van der Waals surface area (Å²) in [5.74, 6) is 0.569. The number of nitrogens with one attached hydrogen (secondary N) is 1. The smallest absolute Gasteiger partial charge is 0.305 e. The highest BCUT2D eigenvalue weighted by atomic mass is 16.5. The van der Waals surface area contributed by atoms with Crippen LogP contribution in [0, 0.1) is 0 Å². The molecule has 0 fully saturated rings. The van der Waals surface area contributed by atoms with Crippen molar-refractivity contribution in [2.45, 2.75) is 12.8 Å². The summed E-state index contributed by atoms with van der Waals surface area (Å²) < 4.78 is 4.66. The largest absolute Gasteiger partial charge is 0.469 e. The highest BCUT2D eigenvalue weighted by molar-refractivity contribution is 5.80. The van der Waals surface area contributed by atoms with Crippen molar-refractivity contribution in [3.05, 3.63) is 60.3 Å². The van der Waals surface area contributed by atoms with Crippen LogP contribution in [-0.4, -0.2) is 29.0 Å². The molecule has 7 heteroatoms. The van der Waals surface area contributed by atoms with Crippen LogP contribution in [-0.2, 0) is 16.0 Å². The molecule has 0 unspecified atom stereocenters. The highest BCUT2D eigenvalue weighted by Gasteiger charge is 2.07.